The van der Waals surface area contributed by atoms with Crippen LogP contribution in [0.1, 0.15) is 29.6 Å². The maximum atomic E-state index is 12.7. The van der Waals surface area contributed by atoms with Gasteiger partial charge in [-0.3, -0.25) is 4.79 Å². The average Bonchev–Trinajstić information content (AvgIpc) is 2.60. The first-order valence-corrected chi connectivity index (χ1v) is 8.98. The number of rotatable bonds is 4. The number of nitrogens with zero attached hydrogens (tertiary/aromatic N) is 1. The molecule has 7 heteroatoms. The van der Waals surface area contributed by atoms with Gasteiger partial charge < -0.3 is 20.5 Å². The Morgan fingerprint density at radius 1 is 1.38 bits per heavy atom. The molecule has 1 aromatic carbocycles. The molecule has 1 aromatic rings. The van der Waals surface area contributed by atoms with E-state index in [1.54, 1.807) is 23.1 Å². The van der Waals surface area contributed by atoms with Crippen LogP contribution in [0.2, 0.25) is 10.0 Å². The molecular formula is C17H22Cl2N2O3. The van der Waals surface area contributed by atoms with Crippen molar-refractivity contribution in [1.29, 1.82) is 0 Å². The topological polar surface area (TPSA) is 75.8 Å². The molecule has 0 aromatic heterocycles. The lowest BCUT2D eigenvalue weighted by molar-refractivity contribution is -0.207. The van der Waals surface area contributed by atoms with E-state index in [0.717, 1.165) is 0 Å². The molecule has 2 aliphatic rings. The first kappa shape index (κ1) is 18.0. The first-order chi connectivity index (χ1) is 11.5. The van der Waals surface area contributed by atoms with Gasteiger partial charge in [0.25, 0.3) is 5.91 Å². The molecule has 1 aliphatic heterocycles. The van der Waals surface area contributed by atoms with Gasteiger partial charge in [-0.05, 0) is 25.0 Å². The van der Waals surface area contributed by atoms with Crippen LogP contribution in [0.5, 0.6) is 0 Å². The highest BCUT2D eigenvalue weighted by molar-refractivity contribution is 6.43. The molecule has 0 bridgehead atoms. The van der Waals surface area contributed by atoms with Crippen LogP contribution in [0.3, 0.4) is 0 Å². The molecule has 24 heavy (non-hydrogen) atoms. The van der Waals surface area contributed by atoms with Crippen molar-refractivity contribution in [3.8, 4) is 0 Å². The summed E-state index contributed by atoms with van der Waals surface area (Å²) in [5.74, 6) is -0.120. The predicted octanol–water partition coefficient (Wildman–Crippen LogP) is 2.32. The van der Waals surface area contributed by atoms with Crippen LogP contribution in [-0.4, -0.2) is 54.4 Å². The van der Waals surface area contributed by atoms with Gasteiger partial charge in [0.2, 0.25) is 0 Å². The Morgan fingerprint density at radius 3 is 2.71 bits per heavy atom. The minimum absolute atomic E-state index is 0.0306. The number of nitrogens with two attached hydrogens (primary N) is 1. The van der Waals surface area contributed by atoms with Crippen molar-refractivity contribution in [3.05, 3.63) is 33.8 Å². The van der Waals surface area contributed by atoms with E-state index >= 15 is 0 Å². The Hall–Kier alpha value is -0.850. The summed E-state index contributed by atoms with van der Waals surface area (Å²) in [6.07, 6.45) is 1.74. The maximum absolute atomic E-state index is 12.7. The summed E-state index contributed by atoms with van der Waals surface area (Å²) in [5, 5.41) is 10.9. The molecule has 1 saturated heterocycles. The van der Waals surface area contributed by atoms with Crippen LogP contribution in [0.25, 0.3) is 0 Å². The standard InChI is InChI=1S/C17H22Cl2N2O3/c18-12-3-1-2-11(15(12)19)16(23)21-7-4-17(5-8-21)13(22)10-14(17)24-9-6-20/h1-3,13-14,22H,4-10,20H2/t13-,14+/m0/s1. The largest absolute Gasteiger partial charge is 0.392 e. The van der Waals surface area contributed by atoms with E-state index < -0.39 is 0 Å². The van der Waals surface area contributed by atoms with Crippen LogP contribution >= 0.6 is 23.2 Å². The van der Waals surface area contributed by atoms with Crippen LogP contribution < -0.4 is 5.73 Å². The first-order valence-electron chi connectivity index (χ1n) is 8.22. The molecule has 1 saturated carbocycles. The fourth-order valence-corrected chi connectivity index (χ4v) is 4.17. The van der Waals surface area contributed by atoms with Crippen molar-refractivity contribution < 1.29 is 14.6 Å². The number of halogens is 2. The Kier molecular flexibility index (Phi) is 5.37. The maximum Gasteiger partial charge on any atom is 0.255 e. The molecule has 132 valence electrons. The molecular weight excluding hydrogens is 351 g/mol. The van der Waals surface area contributed by atoms with E-state index in [2.05, 4.69) is 0 Å². The van der Waals surface area contributed by atoms with Crippen LogP contribution in [0.15, 0.2) is 18.2 Å². The molecule has 1 aliphatic carbocycles. The number of likely N-dealkylation sites (tertiary alicyclic amines) is 1. The van der Waals surface area contributed by atoms with E-state index in [4.69, 9.17) is 33.7 Å². The second-order valence-electron chi connectivity index (χ2n) is 6.53. The third-order valence-electron chi connectivity index (χ3n) is 5.34. The fraction of sp³-hybridized carbons (Fsp3) is 0.588. The van der Waals surface area contributed by atoms with Crippen molar-refractivity contribution in [2.45, 2.75) is 31.5 Å². The van der Waals surface area contributed by atoms with Gasteiger partial charge in [-0.2, -0.15) is 0 Å². The van der Waals surface area contributed by atoms with Gasteiger partial charge in [-0.1, -0.05) is 29.3 Å². The smallest absolute Gasteiger partial charge is 0.255 e. The Labute approximate surface area is 151 Å². The minimum atomic E-state index is -0.368. The normalized spacial score (nSPS) is 25.6. The SMILES string of the molecule is NCCO[C@@H]1C[C@H](O)C12CCN(C(=O)c1cccc(Cl)c1Cl)CC2. The quantitative estimate of drug-likeness (QED) is 0.850. The number of hydrogen-bond acceptors (Lipinski definition) is 4. The van der Waals surface area contributed by atoms with Crippen molar-refractivity contribution >= 4 is 29.1 Å². The number of aliphatic hydroxyl groups is 1. The molecule has 1 heterocycles. The van der Waals surface area contributed by atoms with Gasteiger partial charge in [0, 0.05) is 31.5 Å². The van der Waals surface area contributed by atoms with E-state index in [9.17, 15) is 9.90 Å². The molecule has 5 nitrogen and oxygen atoms in total. The zero-order chi connectivity index (χ0) is 17.3. The molecule has 3 rings (SSSR count). The van der Waals surface area contributed by atoms with E-state index in [0.29, 0.717) is 56.1 Å². The summed E-state index contributed by atoms with van der Waals surface area (Å²) in [6, 6.07) is 5.07. The molecule has 0 radical (unpaired) electrons. The highest BCUT2D eigenvalue weighted by Crippen LogP contribution is 2.51. The van der Waals surface area contributed by atoms with E-state index in [-0.39, 0.29) is 28.6 Å². The lowest BCUT2D eigenvalue weighted by Gasteiger charge is -2.56. The average molecular weight is 373 g/mol. The minimum Gasteiger partial charge on any atom is -0.392 e. The van der Waals surface area contributed by atoms with Gasteiger partial charge in [-0.15, -0.1) is 0 Å². The number of benzene rings is 1. The zero-order valence-corrected chi connectivity index (χ0v) is 14.9. The van der Waals surface area contributed by atoms with Gasteiger partial charge in [0.1, 0.15) is 0 Å². The Morgan fingerprint density at radius 2 is 2.08 bits per heavy atom. The summed E-state index contributed by atoms with van der Waals surface area (Å²) in [4.78, 5) is 14.5. The van der Waals surface area contributed by atoms with Crippen molar-refractivity contribution in [2.75, 3.05) is 26.2 Å². The number of amides is 1. The molecule has 1 amide bonds. The van der Waals surface area contributed by atoms with Crippen molar-refractivity contribution in [3.63, 3.8) is 0 Å². The second-order valence-corrected chi connectivity index (χ2v) is 7.31. The second kappa shape index (κ2) is 7.18. The number of hydrogen-bond donors (Lipinski definition) is 2. The van der Waals surface area contributed by atoms with Crippen molar-refractivity contribution in [2.24, 2.45) is 11.1 Å². The third-order valence-corrected chi connectivity index (χ3v) is 6.16. The fourth-order valence-electron chi connectivity index (χ4n) is 3.79. The van der Waals surface area contributed by atoms with E-state index in [1.165, 1.54) is 0 Å². The Balaban J connectivity index is 1.66. The van der Waals surface area contributed by atoms with E-state index in [1.807, 2.05) is 0 Å². The molecule has 1 spiro atoms. The number of aliphatic hydroxyl groups excluding tert-OH is 1. The molecule has 2 fully saturated rings. The number of ether oxygens (including phenoxy) is 1. The number of carbonyl (C=O) groups is 1. The highest BCUT2D eigenvalue weighted by atomic mass is 35.5. The van der Waals surface area contributed by atoms with Gasteiger partial charge in [-0.25, -0.2) is 0 Å². The summed E-state index contributed by atoms with van der Waals surface area (Å²) in [6.45, 7) is 2.11. The third kappa shape index (κ3) is 3.04. The summed E-state index contributed by atoms with van der Waals surface area (Å²) >= 11 is 12.2. The van der Waals surface area contributed by atoms with Crippen LogP contribution in [0.4, 0.5) is 0 Å². The van der Waals surface area contributed by atoms with Crippen LogP contribution in [0, 0.1) is 5.41 Å². The lowest BCUT2D eigenvalue weighted by Crippen LogP contribution is -2.62. The zero-order valence-electron chi connectivity index (χ0n) is 13.4. The summed E-state index contributed by atoms with van der Waals surface area (Å²) in [7, 11) is 0. The van der Waals surface area contributed by atoms with Crippen LogP contribution in [-0.2, 0) is 4.74 Å². The molecule has 0 unspecified atom stereocenters. The summed E-state index contributed by atoms with van der Waals surface area (Å²) in [5.41, 5.74) is 5.67. The van der Waals surface area contributed by atoms with Gasteiger partial charge >= 0.3 is 0 Å². The monoisotopic (exact) mass is 372 g/mol. The Bertz CT molecular complexity index is 618. The molecule has 2 atom stereocenters. The predicted molar refractivity (Wildman–Crippen MR) is 93.5 cm³/mol. The highest BCUT2D eigenvalue weighted by Gasteiger charge is 2.56. The summed E-state index contributed by atoms with van der Waals surface area (Å²) < 4.78 is 5.78. The lowest BCUT2D eigenvalue weighted by atomic mass is 9.58. The molecule has 3 N–H and O–H groups in total. The number of piperidine rings is 1. The van der Waals surface area contributed by atoms with Crippen molar-refractivity contribution in [1.82, 2.24) is 4.90 Å². The van der Waals surface area contributed by atoms with Gasteiger partial charge in [0.15, 0.2) is 0 Å². The van der Waals surface area contributed by atoms with Gasteiger partial charge in [0.05, 0.1) is 34.4 Å². The number of carbonyl (C=O) groups excluding carboxylic acids is 1.